The van der Waals surface area contributed by atoms with Crippen LogP contribution in [0.1, 0.15) is 16.7 Å². The molecule has 0 atom stereocenters. The van der Waals surface area contributed by atoms with E-state index in [-0.39, 0.29) is 0 Å². The molecule has 4 nitrogen and oxygen atoms in total. The fourth-order valence-electron chi connectivity index (χ4n) is 2.33. The number of aromatic nitrogens is 2. The Morgan fingerprint density at radius 3 is 2.79 bits per heavy atom. The predicted octanol–water partition coefficient (Wildman–Crippen LogP) is 2.08. The molecule has 1 aromatic carbocycles. The quantitative estimate of drug-likeness (QED) is 0.891. The van der Waals surface area contributed by atoms with Gasteiger partial charge in [0.2, 0.25) is 0 Å². The molecule has 4 heteroatoms. The Morgan fingerprint density at radius 1 is 1.37 bits per heavy atom. The van der Waals surface area contributed by atoms with E-state index in [1.54, 1.807) is 0 Å². The summed E-state index contributed by atoms with van der Waals surface area (Å²) in [5, 5.41) is 7.45. The van der Waals surface area contributed by atoms with E-state index in [1.165, 1.54) is 22.4 Å². The SMILES string of the molecule is CNCc1cc(C)ccc1N(C)Cc1cnn(C)c1. The molecule has 102 valence electrons. The fourth-order valence-corrected chi connectivity index (χ4v) is 2.33. The number of anilines is 1. The molecule has 0 amide bonds. The summed E-state index contributed by atoms with van der Waals surface area (Å²) in [7, 11) is 6.05. The molecule has 1 heterocycles. The van der Waals surface area contributed by atoms with E-state index in [4.69, 9.17) is 0 Å². The van der Waals surface area contributed by atoms with Gasteiger partial charge in [-0.2, -0.15) is 5.10 Å². The van der Waals surface area contributed by atoms with Crippen molar-refractivity contribution >= 4 is 5.69 Å². The summed E-state index contributed by atoms with van der Waals surface area (Å²) >= 11 is 0. The highest BCUT2D eigenvalue weighted by molar-refractivity contribution is 5.54. The molecule has 0 radical (unpaired) electrons. The maximum Gasteiger partial charge on any atom is 0.0539 e. The molecule has 0 saturated heterocycles. The third-order valence-corrected chi connectivity index (χ3v) is 3.19. The maximum atomic E-state index is 4.21. The van der Waals surface area contributed by atoms with Crippen molar-refractivity contribution in [2.24, 2.45) is 7.05 Å². The van der Waals surface area contributed by atoms with E-state index in [2.05, 4.69) is 53.7 Å². The van der Waals surface area contributed by atoms with Crippen LogP contribution in [0, 0.1) is 6.92 Å². The molecule has 19 heavy (non-hydrogen) atoms. The lowest BCUT2D eigenvalue weighted by Crippen LogP contribution is -2.19. The molecule has 0 spiro atoms. The highest BCUT2D eigenvalue weighted by Crippen LogP contribution is 2.22. The number of benzene rings is 1. The van der Waals surface area contributed by atoms with E-state index >= 15 is 0 Å². The average molecular weight is 258 g/mol. The minimum atomic E-state index is 0.869. The van der Waals surface area contributed by atoms with Gasteiger partial charge in [-0.05, 0) is 25.6 Å². The third kappa shape index (κ3) is 3.35. The molecule has 0 aliphatic rings. The van der Waals surface area contributed by atoms with Gasteiger partial charge in [0.1, 0.15) is 0 Å². The number of aryl methyl sites for hydroxylation is 2. The van der Waals surface area contributed by atoms with Crippen LogP contribution in [-0.4, -0.2) is 23.9 Å². The normalized spacial score (nSPS) is 10.7. The largest absolute Gasteiger partial charge is 0.370 e. The second-order valence-corrected chi connectivity index (χ2v) is 5.04. The van der Waals surface area contributed by atoms with Crippen molar-refractivity contribution in [3.63, 3.8) is 0 Å². The summed E-state index contributed by atoms with van der Waals surface area (Å²) in [6, 6.07) is 6.60. The summed E-state index contributed by atoms with van der Waals surface area (Å²) in [6.45, 7) is 3.88. The van der Waals surface area contributed by atoms with Crippen LogP contribution in [0.2, 0.25) is 0 Å². The molecule has 0 bridgehead atoms. The first-order valence-electron chi connectivity index (χ1n) is 6.53. The summed E-state index contributed by atoms with van der Waals surface area (Å²) in [5.41, 5.74) is 5.11. The fraction of sp³-hybridized carbons (Fsp3) is 0.400. The van der Waals surface area contributed by atoms with Crippen molar-refractivity contribution in [3.8, 4) is 0 Å². The third-order valence-electron chi connectivity index (χ3n) is 3.19. The van der Waals surface area contributed by atoms with Crippen molar-refractivity contribution in [3.05, 3.63) is 47.3 Å². The number of nitrogens with zero attached hydrogens (tertiary/aromatic N) is 3. The summed E-state index contributed by atoms with van der Waals surface area (Å²) in [5.74, 6) is 0. The smallest absolute Gasteiger partial charge is 0.0539 e. The van der Waals surface area contributed by atoms with Gasteiger partial charge in [0, 0.05) is 44.6 Å². The van der Waals surface area contributed by atoms with Crippen molar-refractivity contribution in [2.75, 3.05) is 19.0 Å². The van der Waals surface area contributed by atoms with Crippen LogP contribution < -0.4 is 10.2 Å². The minimum Gasteiger partial charge on any atom is -0.370 e. The highest BCUT2D eigenvalue weighted by atomic mass is 15.2. The van der Waals surface area contributed by atoms with Gasteiger partial charge in [0.05, 0.1) is 6.20 Å². The molecule has 2 rings (SSSR count). The number of nitrogens with one attached hydrogen (secondary N) is 1. The van der Waals surface area contributed by atoms with Gasteiger partial charge in [-0.25, -0.2) is 0 Å². The minimum absolute atomic E-state index is 0.869. The van der Waals surface area contributed by atoms with Crippen LogP contribution >= 0.6 is 0 Å². The zero-order valence-corrected chi connectivity index (χ0v) is 12.1. The first-order valence-corrected chi connectivity index (χ1v) is 6.53. The van der Waals surface area contributed by atoms with Gasteiger partial charge in [0.15, 0.2) is 0 Å². The van der Waals surface area contributed by atoms with Crippen LogP contribution in [0.5, 0.6) is 0 Å². The Balaban J connectivity index is 2.20. The Kier molecular flexibility index (Phi) is 4.22. The van der Waals surface area contributed by atoms with Crippen molar-refractivity contribution in [2.45, 2.75) is 20.0 Å². The van der Waals surface area contributed by atoms with Gasteiger partial charge in [-0.15, -0.1) is 0 Å². The van der Waals surface area contributed by atoms with Crippen molar-refractivity contribution in [1.82, 2.24) is 15.1 Å². The second kappa shape index (κ2) is 5.89. The maximum absolute atomic E-state index is 4.21. The second-order valence-electron chi connectivity index (χ2n) is 5.04. The van der Waals surface area contributed by atoms with Gasteiger partial charge in [-0.3, -0.25) is 4.68 Å². The van der Waals surface area contributed by atoms with E-state index in [0.29, 0.717) is 0 Å². The summed E-state index contributed by atoms with van der Waals surface area (Å²) < 4.78 is 1.84. The Morgan fingerprint density at radius 2 is 2.16 bits per heavy atom. The number of hydrogen-bond donors (Lipinski definition) is 1. The predicted molar refractivity (Wildman–Crippen MR) is 79.3 cm³/mol. The van der Waals surface area contributed by atoms with E-state index < -0.39 is 0 Å². The lowest BCUT2D eigenvalue weighted by molar-refractivity contribution is 0.766. The van der Waals surface area contributed by atoms with Crippen molar-refractivity contribution in [1.29, 1.82) is 0 Å². The molecule has 0 aliphatic carbocycles. The van der Waals surface area contributed by atoms with Gasteiger partial charge >= 0.3 is 0 Å². The molecule has 1 N–H and O–H groups in total. The Hall–Kier alpha value is -1.81. The first-order chi connectivity index (χ1) is 9.10. The first kappa shape index (κ1) is 13.6. The standard InChI is InChI=1S/C15H22N4/c1-12-5-6-15(14(7-12)9-16-2)18(3)10-13-8-17-19(4)11-13/h5-8,11,16H,9-10H2,1-4H3. The monoisotopic (exact) mass is 258 g/mol. The van der Waals surface area contributed by atoms with E-state index in [1.807, 2.05) is 25.0 Å². The molecule has 0 fully saturated rings. The van der Waals surface area contributed by atoms with E-state index in [0.717, 1.165) is 13.1 Å². The molecule has 0 aliphatic heterocycles. The summed E-state index contributed by atoms with van der Waals surface area (Å²) in [6.07, 6.45) is 3.98. The zero-order chi connectivity index (χ0) is 13.8. The summed E-state index contributed by atoms with van der Waals surface area (Å²) in [4.78, 5) is 2.27. The van der Waals surface area contributed by atoms with E-state index in [9.17, 15) is 0 Å². The van der Waals surface area contributed by atoms with Gasteiger partial charge in [0.25, 0.3) is 0 Å². The Labute approximate surface area is 115 Å². The van der Waals surface area contributed by atoms with Crippen LogP contribution in [0.15, 0.2) is 30.6 Å². The van der Waals surface area contributed by atoms with Gasteiger partial charge < -0.3 is 10.2 Å². The molecule has 0 saturated carbocycles. The molecule has 2 aromatic rings. The lowest BCUT2D eigenvalue weighted by atomic mass is 10.1. The van der Waals surface area contributed by atoms with Gasteiger partial charge in [-0.1, -0.05) is 17.7 Å². The van der Waals surface area contributed by atoms with Crippen molar-refractivity contribution < 1.29 is 0 Å². The van der Waals surface area contributed by atoms with Crippen LogP contribution in [0.4, 0.5) is 5.69 Å². The molecule has 0 unspecified atom stereocenters. The van der Waals surface area contributed by atoms with Crippen LogP contribution in [-0.2, 0) is 20.1 Å². The van der Waals surface area contributed by atoms with Crippen LogP contribution in [0.25, 0.3) is 0 Å². The Bertz CT molecular complexity index is 545. The number of hydrogen-bond acceptors (Lipinski definition) is 3. The molecule has 1 aromatic heterocycles. The number of rotatable bonds is 5. The lowest BCUT2D eigenvalue weighted by Gasteiger charge is -2.22. The highest BCUT2D eigenvalue weighted by Gasteiger charge is 2.08. The topological polar surface area (TPSA) is 33.1 Å². The molecular formula is C15H22N4. The van der Waals surface area contributed by atoms with Crippen LogP contribution in [0.3, 0.4) is 0 Å². The zero-order valence-electron chi connectivity index (χ0n) is 12.1. The average Bonchev–Trinajstić information content (AvgIpc) is 2.75. The molecular weight excluding hydrogens is 236 g/mol.